The molecule has 2 heterocycles. The summed E-state index contributed by atoms with van der Waals surface area (Å²) in [5.74, 6) is 1.69. The monoisotopic (exact) mass is 390 g/mol. The van der Waals surface area contributed by atoms with Crippen LogP contribution in [0.3, 0.4) is 0 Å². The Bertz CT molecular complexity index is 792. The molecule has 1 atom stereocenters. The highest BCUT2D eigenvalue weighted by Crippen LogP contribution is 2.30. The Morgan fingerprint density at radius 2 is 2.07 bits per heavy atom. The molecule has 1 saturated heterocycles. The number of benzene rings is 1. The van der Waals surface area contributed by atoms with Crippen LogP contribution >= 0.6 is 11.6 Å². The van der Waals surface area contributed by atoms with E-state index in [1.54, 1.807) is 13.2 Å². The van der Waals surface area contributed by atoms with E-state index in [1.807, 2.05) is 38.2 Å². The molecule has 27 heavy (non-hydrogen) atoms. The van der Waals surface area contributed by atoms with Crippen LogP contribution in [0, 0.1) is 6.92 Å². The molecule has 0 bridgehead atoms. The van der Waals surface area contributed by atoms with E-state index in [9.17, 15) is 4.79 Å². The molecule has 0 spiro atoms. The first-order valence-corrected chi connectivity index (χ1v) is 9.58. The zero-order chi connectivity index (χ0) is 19.4. The number of nitrogens with zero attached hydrogens (tertiary/aromatic N) is 1. The van der Waals surface area contributed by atoms with Gasteiger partial charge in [0.1, 0.15) is 31.9 Å². The van der Waals surface area contributed by atoms with Gasteiger partial charge in [-0.15, -0.1) is 0 Å². The van der Waals surface area contributed by atoms with Gasteiger partial charge in [-0.3, -0.25) is 9.69 Å². The number of piperazine rings is 1. The minimum absolute atomic E-state index is 0.00949. The van der Waals surface area contributed by atoms with Gasteiger partial charge in [-0.25, -0.2) is 4.98 Å². The second kappa shape index (κ2) is 8.59. The van der Waals surface area contributed by atoms with E-state index < -0.39 is 0 Å². The van der Waals surface area contributed by atoms with Crippen LogP contribution in [0.25, 0.3) is 0 Å². The number of carbonyl (C=O) groups is 1. The Labute approximate surface area is 165 Å². The maximum atomic E-state index is 12.8. The lowest BCUT2D eigenvalue weighted by Gasteiger charge is -2.31. The average molecular weight is 391 g/mol. The van der Waals surface area contributed by atoms with Crippen molar-refractivity contribution in [2.24, 2.45) is 0 Å². The van der Waals surface area contributed by atoms with Crippen molar-refractivity contribution in [3.05, 3.63) is 47.1 Å². The minimum Gasteiger partial charge on any atom is -0.495 e. The fraction of sp³-hybridized carbons (Fsp3) is 0.400. The standard InChI is InChI=1S/C20H25ClN4O2/c1-14-12-17(18(27-3)13-16(14)21)23-20(26)15(2)24-8-10-25(11-9-24)19-6-4-5-7-22-19/h4-7,12-13,15H,8-11H2,1-3H3,(H,23,26)/p+2/t15-/m1/s1. The zero-order valence-corrected chi connectivity index (χ0v) is 16.8. The van der Waals surface area contributed by atoms with Gasteiger partial charge in [0.05, 0.1) is 19.0 Å². The topological polar surface area (TPSA) is 60.1 Å². The summed E-state index contributed by atoms with van der Waals surface area (Å²) in [6.45, 7) is 7.53. The molecule has 1 fully saturated rings. The number of halogens is 1. The third kappa shape index (κ3) is 4.51. The number of hydrogen-bond donors (Lipinski definition) is 2. The van der Waals surface area contributed by atoms with Gasteiger partial charge in [-0.05, 0) is 31.5 Å². The van der Waals surface area contributed by atoms with Gasteiger partial charge in [0.15, 0.2) is 6.04 Å². The number of carbonyl (C=O) groups excluding carboxylic acids is 1. The lowest BCUT2D eigenvalue weighted by Crippen LogP contribution is -3.19. The quantitative estimate of drug-likeness (QED) is 0.806. The van der Waals surface area contributed by atoms with Crippen molar-refractivity contribution in [2.45, 2.75) is 19.9 Å². The lowest BCUT2D eigenvalue weighted by atomic mass is 10.1. The van der Waals surface area contributed by atoms with E-state index in [4.69, 9.17) is 16.3 Å². The number of anilines is 2. The van der Waals surface area contributed by atoms with Crippen LogP contribution in [0.15, 0.2) is 36.5 Å². The van der Waals surface area contributed by atoms with Crippen molar-refractivity contribution >= 4 is 29.0 Å². The Morgan fingerprint density at radius 3 is 2.70 bits per heavy atom. The van der Waals surface area contributed by atoms with Crippen LogP contribution in [0.2, 0.25) is 5.02 Å². The van der Waals surface area contributed by atoms with Crippen LogP contribution < -0.4 is 24.8 Å². The van der Waals surface area contributed by atoms with Crippen LogP contribution in [-0.4, -0.2) is 45.2 Å². The largest absolute Gasteiger partial charge is 0.495 e. The third-order valence-corrected chi connectivity index (χ3v) is 5.59. The first kappa shape index (κ1) is 19.5. The summed E-state index contributed by atoms with van der Waals surface area (Å²) < 4.78 is 5.35. The predicted molar refractivity (Wildman–Crippen MR) is 107 cm³/mol. The van der Waals surface area contributed by atoms with E-state index in [1.165, 1.54) is 4.90 Å². The molecule has 1 aliphatic heterocycles. The summed E-state index contributed by atoms with van der Waals surface area (Å²) in [5.41, 5.74) is 1.56. The smallest absolute Gasteiger partial charge is 0.282 e. The van der Waals surface area contributed by atoms with Gasteiger partial charge in [0.2, 0.25) is 0 Å². The van der Waals surface area contributed by atoms with Gasteiger partial charge in [0, 0.05) is 17.2 Å². The number of hydrogen-bond acceptors (Lipinski definition) is 3. The second-order valence-electron chi connectivity index (χ2n) is 6.91. The van der Waals surface area contributed by atoms with Crippen molar-refractivity contribution in [3.8, 4) is 5.75 Å². The number of H-pyrrole nitrogens is 1. The number of nitrogens with one attached hydrogen (secondary N) is 3. The summed E-state index contributed by atoms with van der Waals surface area (Å²) in [4.78, 5) is 19.7. The highest BCUT2D eigenvalue weighted by molar-refractivity contribution is 6.31. The van der Waals surface area contributed by atoms with Crippen molar-refractivity contribution < 1.29 is 19.4 Å². The zero-order valence-electron chi connectivity index (χ0n) is 16.0. The van der Waals surface area contributed by atoms with Crippen LogP contribution in [0.4, 0.5) is 11.5 Å². The summed E-state index contributed by atoms with van der Waals surface area (Å²) in [6.07, 6.45) is 1.94. The fourth-order valence-electron chi connectivity index (χ4n) is 3.40. The molecule has 0 aliphatic carbocycles. The molecule has 3 N–H and O–H groups in total. The van der Waals surface area contributed by atoms with Crippen molar-refractivity contribution in [1.82, 2.24) is 0 Å². The normalized spacial score (nSPS) is 16.1. The molecular formula is C20H27ClN4O2+2. The van der Waals surface area contributed by atoms with Gasteiger partial charge >= 0.3 is 0 Å². The molecule has 3 rings (SSSR count). The van der Waals surface area contributed by atoms with Crippen LogP contribution in [0.1, 0.15) is 12.5 Å². The Balaban J connectivity index is 1.61. The molecule has 2 aromatic rings. The Morgan fingerprint density at radius 1 is 1.33 bits per heavy atom. The molecule has 7 heteroatoms. The third-order valence-electron chi connectivity index (χ3n) is 5.18. The molecular weight excluding hydrogens is 364 g/mol. The van der Waals surface area contributed by atoms with E-state index in [0.717, 1.165) is 37.6 Å². The number of rotatable bonds is 5. The summed E-state index contributed by atoms with van der Waals surface area (Å²) in [7, 11) is 1.57. The SMILES string of the molecule is COc1cc(Cl)c(C)cc1NC(=O)[C@@H](C)[NH+]1CCN(c2cccc[nH+]2)CC1. The van der Waals surface area contributed by atoms with Crippen molar-refractivity contribution in [3.63, 3.8) is 0 Å². The maximum Gasteiger partial charge on any atom is 0.282 e. The first-order chi connectivity index (χ1) is 13.0. The van der Waals surface area contributed by atoms with Gasteiger partial charge < -0.3 is 15.0 Å². The van der Waals surface area contributed by atoms with E-state index in [-0.39, 0.29) is 11.9 Å². The highest BCUT2D eigenvalue weighted by Gasteiger charge is 2.32. The molecule has 0 unspecified atom stereocenters. The molecule has 1 aromatic carbocycles. The van der Waals surface area contributed by atoms with Crippen molar-refractivity contribution in [2.75, 3.05) is 43.5 Å². The molecule has 1 amide bonds. The molecule has 0 saturated carbocycles. The molecule has 6 nitrogen and oxygen atoms in total. The molecule has 0 radical (unpaired) electrons. The fourth-order valence-corrected chi connectivity index (χ4v) is 3.56. The number of ether oxygens (including phenoxy) is 1. The number of aromatic amines is 1. The number of pyridine rings is 1. The summed E-state index contributed by atoms with van der Waals surface area (Å²) >= 11 is 6.15. The maximum absolute atomic E-state index is 12.8. The summed E-state index contributed by atoms with van der Waals surface area (Å²) in [5, 5.41) is 3.63. The minimum atomic E-state index is -0.146. The number of aromatic nitrogens is 1. The van der Waals surface area contributed by atoms with E-state index in [2.05, 4.69) is 21.3 Å². The van der Waals surface area contributed by atoms with Crippen molar-refractivity contribution in [1.29, 1.82) is 0 Å². The van der Waals surface area contributed by atoms with Crippen LogP contribution in [-0.2, 0) is 4.79 Å². The molecule has 1 aliphatic rings. The van der Waals surface area contributed by atoms with Gasteiger partial charge in [-0.1, -0.05) is 17.7 Å². The lowest BCUT2D eigenvalue weighted by molar-refractivity contribution is -0.914. The number of amides is 1. The Hall–Kier alpha value is -2.31. The van der Waals surface area contributed by atoms with Gasteiger partial charge in [0.25, 0.3) is 11.7 Å². The first-order valence-electron chi connectivity index (χ1n) is 9.21. The second-order valence-corrected chi connectivity index (χ2v) is 7.31. The molecule has 144 valence electrons. The predicted octanol–water partition coefficient (Wildman–Crippen LogP) is 1.20. The highest BCUT2D eigenvalue weighted by atomic mass is 35.5. The van der Waals surface area contributed by atoms with Crippen LogP contribution in [0.5, 0.6) is 5.75 Å². The average Bonchev–Trinajstić information content (AvgIpc) is 2.70. The molecule has 1 aromatic heterocycles. The van der Waals surface area contributed by atoms with E-state index in [0.29, 0.717) is 16.5 Å². The Kier molecular flexibility index (Phi) is 6.19. The number of aryl methyl sites for hydroxylation is 1. The summed E-state index contributed by atoms with van der Waals surface area (Å²) in [6, 6.07) is 9.53. The number of methoxy groups -OCH3 is 1. The number of quaternary nitrogens is 1. The van der Waals surface area contributed by atoms with E-state index >= 15 is 0 Å². The van der Waals surface area contributed by atoms with Gasteiger partial charge in [-0.2, -0.15) is 0 Å².